The van der Waals surface area contributed by atoms with Crippen LogP contribution in [0.3, 0.4) is 0 Å². The minimum atomic E-state index is -0.862. The molecular weight excluding hydrogens is 120 g/mol. The van der Waals surface area contributed by atoms with Crippen molar-refractivity contribution in [2.75, 3.05) is 6.54 Å². The number of carbonyl (C=O) groups is 2. The molecule has 1 aliphatic rings. The summed E-state index contributed by atoms with van der Waals surface area (Å²) < 4.78 is 0. The van der Waals surface area contributed by atoms with Crippen LogP contribution < -0.4 is 5.73 Å². The lowest BCUT2D eigenvalue weighted by molar-refractivity contribution is -0.140. The summed E-state index contributed by atoms with van der Waals surface area (Å²) in [4.78, 5) is 22.1. The summed E-state index contributed by atoms with van der Waals surface area (Å²) in [7, 11) is 0. The molecule has 2 N–H and O–H groups in total. The van der Waals surface area contributed by atoms with Crippen LogP contribution in [0.1, 0.15) is 6.92 Å². The Hall–Kier alpha value is -1.06. The van der Waals surface area contributed by atoms with Crippen LogP contribution in [-0.2, 0) is 9.59 Å². The van der Waals surface area contributed by atoms with Gasteiger partial charge in [0.1, 0.15) is 0 Å². The quantitative estimate of drug-likeness (QED) is 0.325. The summed E-state index contributed by atoms with van der Waals surface area (Å²) in [6, 6.07) is 0.213. The van der Waals surface area contributed by atoms with Gasteiger partial charge in [-0.2, -0.15) is 0 Å². The van der Waals surface area contributed by atoms with Gasteiger partial charge in [-0.15, -0.1) is 0 Å². The molecule has 2 amide bonds. The van der Waals surface area contributed by atoms with Crippen molar-refractivity contribution < 1.29 is 9.59 Å². The maximum Gasteiger partial charge on any atom is 0.312 e. The standard InChI is InChI=1S/C5H8N2O2/c1-3-2-7(3)5(9)4(6)8/h3H,2H2,1H3,(H2,6,8). The van der Waals surface area contributed by atoms with E-state index in [0.29, 0.717) is 6.54 Å². The fourth-order valence-electron chi connectivity index (χ4n) is 0.662. The Labute approximate surface area is 52.6 Å². The molecule has 0 aliphatic carbocycles. The van der Waals surface area contributed by atoms with Crippen LogP contribution in [0, 0.1) is 0 Å². The van der Waals surface area contributed by atoms with Crippen molar-refractivity contribution in [1.29, 1.82) is 0 Å². The predicted molar refractivity (Wildman–Crippen MR) is 30.4 cm³/mol. The molecule has 0 aromatic rings. The first kappa shape index (κ1) is 6.07. The van der Waals surface area contributed by atoms with Gasteiger partial charge in [0.05, 0.1) is 0 Å². The maximum atomic E-state index is 10.6. The van der Waals surface area contributed by atoms with Gasteiger partial charge < -0.3 is 10.6 Å². The molecule has 0 aromatic heterocycles. The molecule has 0 bridgehead atoms. The number of hydrogen-bond donors (Lipinski definition) is 1. The fraction of sp³-hybridized carbons (Fsp3) is 0.600. The van der Waals surface area contributed by atoms with E-state index in [9.17, 15) is 9.59 Å². The molecule has 1 heterocycles. The van der Waals surface area contributed by atoms with E-state index in [1.807, 2.05) is 6.92 Å². The average Bonchev–Trinajstić information content (AvgIpc) is 2.44. The maximum absolute atomic E-state index is 10.6. The van der Waals surface area contributed by atoms with E-state index in [2.05, 4.69) is 0 Å². The van der Waals surface area contributed by atoms with E-state index in [4.69, 9.17) is 5.73 Å². The van der Waals surface area contributed by atoms with Gasteiger partial charge in [0.2, 0.25) is 0 Å². The molecule has 1 rings (SSSR count). The fourth-order valence-corrected chi connectivity index (χ4v) is 0.662. The molecule has 1 atom stereocenters. The Bertz CT molecular complexity index is 166. The number of amides is 2. The van der Waals surface area contributed by atoms with E-state index in [1.54, 1.807) is 0 Å². The number of primary amides is 1. The zero-order valence-electron chi connectivity index (χ0n) is 5.13. The molecule has 0 radical (unpaired) electrons. The Morgan fingerprint density at radius 3 is 2.22 bits per heavy atom. The highest BCUT2D eigenvalue weighted by Crippen LogP contribution is 2.14. The van der Waals surface area contributed by atoms with Crippen molar-refractivity contribution in [3.63, 3.8) is 0 Å². The van der Waals surface area contributed by atoms with Gasteiger partial charge in [-0.05, 0) is 6.92 Å². The van der Waals surface area contributed by atoms with Crippen LogP contribution in [0.15, 0.2) is 0 Å². The molecule has 4 nitrogen and oxygen atoms in total. The SMILES string of the molecule is CC1CN1C(=O)C(N)=O. The Morgan fingerprint density at radius 2 is 2.11 bits per heavy atom. The highest BCUT2D eigenvalue weighted by molar-refractivity contribution is 6.35. The second-order valence-corrected chi connectivity index (χ2v) is 2.17. The molecule has 1 fully saturated rings. The number of carbonyl (C=O) groups excluding carboxylic acids is 2. The molecule has 4 heteroatoms. The summed E-state index contributed by atoms with van der Waals surface area (Å²) >= 11 is 0. The number of hydrogen-bond acceptors (Lipinski definition) is 2. The molecule has 0 spiro atoms. The van der Waals surface area contributed by atoms with Crippen molar-refractivity contribution in [2.45, 2.75) is 13.0 Å². The zero-order chi connectivity index (χ0) is 7.02. The predicted octanol–water partition coefficient (Wildman–Crippen LogP) is -1.30. The van der Waals surface area contributed by atoms with Gasteiger partial charge in [0.15, 0.2) is 0 Å². The molecule has 1 unspecified atom stereocenters. The molecule has 0 saturated carbocycles. The van der Waals surface area contributed by atoms with Gasteiger partial charge in [0.25, 0.3) is 0 Å². The van der Waals surface area contributed by atoms with Crippen LogP contribution >= 0.6 is 0 Å². The van der Waals surface area contributed by atoms with Gasteiger partial charge >= 0.3 is 11.8 Å². The van der Waals surface area contributed by atoms with Crippen LogP contribution in [0.25, 0.3) is 0 Å². The first-order valence-electron chi connectivity index (χ1n) is 2.73. The Balaban J connectivity index is 2.46. The van der Waals surface area contributed by atoms with Gasteiger partial charge in [-0.1, -0.05) is 0 Å². The van der Waals surface area contributed by atoms with Crippen molar-refractivity contribution in [3.8, 4) is 0 Å². The third-order valence-corrected chi connectivity index (χ3v) is 1.33. The molecule has 1 aliphatic heterocycles. The first-order valence-corrected chi connectivity index (χ1v) is 2.73. The summed E-state index contributed by atoms with van der Waals surface area (Å²) in [5.41, 5.74) is 4.71. The van der Waals surface area contributed by atoms with E-state index < -0.39 is 11.8 Å². The Morgan fingerprint density at radius 1 is 1.67 bits per heavy atom. The van der Waals surface area contributed by atoms with Crippen molar-refractivity contribution >= 4 is 11.8 Å². The number of rotatable bonds is 0. The largest absolute Gasteiger partial charge is 0.361 e. The molecule has 50 valence electrons. The second-order valence-electron chi connectivity index (χ2n) is 2.17. The Kier molecular flexibility index (Phi) is 1.16. The molecule has 9 heavy (non-hydrogen) atoms. The number of nitrogens with zero attached hydrogens (tertiary/aromatic N) is 1. The topological polar surface area (TPSA) is 63.2 Å². The van der Waals surface area contributed by atoms with Crippen molar-refractivity contribution in [1.82, 2.24) is 4.90 Å². The van der Waals surface area contributed by atoms with Crippen LogP contribution in [0.5, 0.6) is 0 Å². The number of nitrogens with two attached hydrogens (primary N) is 1. The average molecular weight is 128 g/mol. The minimum Gasteiger partial charge on any atom is -0.361 e. The second kappa shape index (κ2) is 1.72. The molecule has 0 aromatic carbocycles. The molecule has 1 saturated heterocycles. The van der Waals surface area contributed by atoms with E-state index >= 15 is 0 Å². The van der Waals surface area contributed by atoms with E-state index in [1.165, 1.54) is 4.90 Å². The van der Waals surface area contributed by atoms with Crippen molar-refractivity contribution in [2.24, 2.45) is 5.73 Å². The van der Waals surface area contributed by atoms with Gasteiger partial charge in [-0.25, -0.2) is 0 Å². The third-order valence-electron chi connectivity index (χ3n) is 1.33. The van der Waals surface area contributed by atoms with Crippen molar-refractivity contribution in [3.05, 3.63) is 0 Å². The lowest BCUT2D eigenvalue weighted by atomic mass is 10.5. The van der Waals surface area contributed by atoms with E-state index in [0.717, 1.165) is 0 Å². The summed E-state index contributed by atoms with van der Waals surface area (Å²) in [5, 5.41) is 0. The normalized spacial score (nSPS) is 23.7. The van der Waals surface area contributed by atoms with Crippen LogP contribution in [0.2, 0.25) is 0 Å². The summed E-state index contributed by atoms with van der Waals surface area (Å²) in [6.07, 6.45) is 0. The van der Waals surface area contributed by atoms with Crippen LogP contribution in [-0.4, -0.2) is 29.3 Å². The first-order chi connectivity index (χ1) is 4.13. The molecular formula is C5H8N2O2. The smallest absolute Gasteiger partial charge is 0.312 e. The lowest BCUT2D eigenvalue weighted by Crippen LogP contribution is -2.29. The highest BCUT2D eigenvalue weighted by Gasteiger charge is 2.36. The van der Waals surface area contributed by atoms with E-state index in [-0.39, 0.29) is 6.04 Å². The van der Waals surface area contributed by atoms with Crippen LogP contribution in [0.4, 0.5) is 0 Å². The summed E-state index contributed by atoms with van der Waals surface area (Å²) in [5.74, 6) is -1.43. The minimum absolute atomic E-state index is 0.213. The highest BCUT2D eigenvalue weighted by atomic mass is 16.2. The lowest BCUT2D eigenvalue weighted by Gasteiger charge is -1.93. The third kappa shape index (κ3) is 1.01. The van der Waals surface area contributed by atoms with Gasteiger partial charge in [-0.3, -0.25) is 9.59 Å². The summed E-state index contributed by atoms with van der Waals surface area (Å²) in [6.45, 7) is 2.53. The monoisotopic (exact) mass is 128 g/mol. The zero-order valence-corrected chi connectivity index (χ0v) is 5.13. The van der Waals surface area contributed by atoms with Gasteiger partial charge in [0, 0.05) is 12.6 Å².